The summed E-state index contributed by atoms with van der Waals surface area (Å²) in [4.78, 5) is 17.1. The quantitative estimate of drug-likeness (QED) is 0.601. The molecule has 0 aromatic heterocycles. The van der Waals surface area contributed by atoms with Crippen LogP contribution >= 0.6 is 0 Å². The molecular formula is C17H21NO2. The van der Waals surface area contributed by atoms with Crippen molar-refractivity contribution in [2.75, 3.05) is 0 Å². The molecule has 20 heavy (non-hydrogen) atoms. The second-order valence-corrected chi connectivity index (χ2v) is 6.78. The molecule has 2 atom stereocenters. The van der Waals surface area contributed by atoms with E-state index in [-0.39, 0.29) is 16.8 Å². The van der Waals surface area contributed by atoms with Crippen LogP contribution in [0.2, 0.25) is 0 Å². The van der Waals surface area contributed by atoms with Gasteiger partial charge in [0.15, 0.2) is 0 Å². The zero-order valence-corrected chi connectivity index (χ0v) is 12.3. The number of carbonyl (C=O) groups excluding carboxylic acids is 1. The molecule has 3 heteroatoms. The topological polar surface area (TPSA) is 38.7 Å². The Morgan fingerprint density at radius 1 is 1.25 bits per heavy atom. The molecule has 2 saturated carbocycles. The number of hydrogen-bond donors (Lipinski definition) is 0. The standard InChI is InChI=1S/C17H21NO2/c1-16(2)13-9-10-17(16,3)14(11-13)18-20-15(19)12-7-5-4-6-8-12/h4-8,13H,9-11H2,1-3H3/b18-14-/t13-,17+/m1/s1. The number of oxime groups is 1. The van der Waals surface area contributed by atoms with E-state index in [1.807, 2.05) is 18.2 Å². The summed E-state index contributed by atoms with van der Waals surface area (Å²) in [5.74, 6) is 0.295. The van der Waals surface area contributed by atoms with Gasteiger partial charge in [0, 0.05) is 5.41 Å². The van der Waals surface area contributed by atoms with Crippen LogP contribution in [0, 0.1) is 16.7 Å². The predicted molar refractivity (Wildman–Crippen MR) is 78.5 cm³/mol. The Morgan fingerprint density at radius 3 is 2.50 bits per heavy atom. The van der Waals surface area contributed by atoms with Gasteiger partial charge >= 0.3 is 5.97 Å². The summed E-state index contributed by atoms with van der Waals surface area (Å²) in [5, 5.41) is 4.22. The number of rotatable bonds is 2. The van der Waals surface area contributed by atoms with E-state index >= 15 is 0 Å². The maximum absolute atomic E-state index is 11.9. The first-order chi connectivity index (χ1) is 9.45. The van der Waals surface area contributed by atoms with Crippen LogP contribution in [0.15, 0.2) is 35.5 Å². The smallest absolute Gasteiger partial charge is 0.313 e. The van der Waals surface area contributed by atoms with Crippen molar-refractivity contribution in [1.82, 2.24) is 0 Å². The fraction of sp³-hybridized carbons (Fsp3) is 0.529. The van der Waals surface area contributed by atoms with E-state index in [1.165, 1.54) is 6.42 Å². The normalized spacial score (nSPS) is 32.5. The fourth-order valence-electron chi connectivity index (χ4n) is 3.79. The Bertz CT molecular complexity index is 562. The highest BCUT2D eigenvalue weighted by atomic mass is 16.7. The summed E-state index contributed by atoms with van der Waals surface area (Å²) < 4.78 is 0. The molecule has 106 valence electrons. The summed E-state index contributed by atoms with van der Waals surface area (Å²) in [6, 6.07) is 9.02. The molecule has 2 aliphatic rings. The van der Waals surface area contributed by atoms with E-state index in [9.17, 15) is 4.79 Å². The largest absolute Gasteiger partial charge is 0.365 e. The molecule has 0 saturated heterocycles. The molecular weight excluding hydrogens is 250 g/mol. The van der Waals surface area contributed by atoms with Gasteiger partial charge in [-0.15, -0.1) is 0 Å². The molecule has 0 unspecified atom stereocenters. The summed E-state index contributed by atoms with van der Waals surface area (Å²) in [6.07, 6.45) is 3.37. The van der Waals surface area contributed by atoms with E-state index in [0.717, 1.165) is 18.6 Å². The molecule has 0 heterocycles. The number of carbonyl (C=O) groups is 1. The van der Waals surface area contributed by atoms with Crippen LogP contribution < -0.4 is 0 Å². The molecule has 0 radical (unpaired) electrons. The molecule has 2 bridgehead atoms. The van der Waals surface area contributed by atoms with Crippen LogP contribution in [0.4, 0.5) is 0 Å². The Hall–Kier alpha value is -1.64. The lowest BCUT2D eigenvalue weighted by Gasteiger charge is -2.34. The van der Waals surface area contributed by atoms with Gasteiger partial charge < -0.3 is 4.84 Å². The lowest BCUT2D eigenvalue weighted by Crippen LogP contribution is -2.32. The summed E-state index contributed by atoms with van der Waals surface area (Å²) >= 11 is 0. The average molecular weight is 271 g/mol. The van der Waals surface area contributed by atoms with Gasteiger partial charge in [-0.2, -0.15) is 0 Å². The highest BCUT2D eigenvalue weighted by Crippen LogP contribution is 2.63. The highest BCUT2D eigenvalue weighted by molar-refractivity contribution is 5.95. The van der Waals surface area contributed by atoms with E-state index in [0.29, 0.717) is 11.5 Å². The van der Waals surface area contributed by atoms with E-state index in [2.05, 4.69) is 25.9 Å². The molecule has 3 rings (SSSR count). The van der Waals surface area contributed by atoms with Crippen molar-refractivity contribution in [2.24, 2.45) is 21.9 Å². The second kappa shape index (κ2) is 4.44. The first kappa shape index (κ1) is 13.3. The molecule has 1 aromatic rings. The molecule has 0 spiro atoms. The molecule has 2 fully saturated rings. The zero-order valence-electron chi connectivity index (χ0n) is 12.3. The minimum absolute atomic E-state index is 0.0780. The van der Waals surface area contributed by atoms with E-state index in [1.54, 1.807) is 12.1 Å². The van der Waals surface area contributed by atoms with Crippen LogP contribution in [0.5, 0.6) is 0 Å². The van der Waals surface area contributed by atoms with Gasteiger partial charge in [-0.1, -0.05) is 44.1 Å². The second-order valence-electron chi connectivity index (χ2n) is 6.78. The Kier molecular flexibility index (Phi) is 2.96. The molecule has 1 aromatic carbocycles. The van der Waals surface area contributed by atoms with Crippen molar-refractivity contribution in [3.63, 3.8) is 0 Å². The van der Waals surface area contributed by atoms with E-state index in [4.69, 9.17) is 4.84 Å². The van der Waals surface area contributed by atoms with Crippen molar-refractivity contribution < 1.29 is 9.63 Å². The highest BCUT2D eigenvalue weighted by Gasteiger charge is 2.60. The molecule has 0 N–H and O–H groups in total. The van der Waals surface area contributed by atoms with Crippen LogP contribution in [-0.4, -0.2) is 11.7 Å². The van der Waals surface area contributed by atoms with Gasteiger partial charge in [0.2, 0.25) is 0 Å². The molecule has 0 amide bonds. The Balaban J connectivity index is 1.77. The Labute approximate surface area is 120 Å². The number of benzene rings is 1. The van der Waals surface area contributed by atoms with Gasteiger partial charge in [-0.25, -0.2) is 4.79 Å². The lowest BCUT2D eigenvalue weighted by atomic mass is 9.70. The first-order valence-electron chi connectivity index (χ1n) is 7.29. The van der Waals surface area contributed by atoms with Gasteiger partial charge in [-0.05, 0) is 42.7 Å². The predicted octanol–water partition coefficient (Wildman–Crippen LogP) is 4.05. The summed E-state index contributed by atoms with van der Waals surface area (Å²) in [7, 11) is 0. The number of hydrogen-bond acceptors (Lipinski definition) is 3. The third-order valence-electron chi connectivity index (χ3n) is 5.76. The minimum Gasteiger partial charge on any atom is -0.313 e. The van der Waals surface area contributed by atoms with Crippen LogP contribution in [0.25, 0.3) is 0 Å². The third-order valence-corrected chi connectivity index (χ3v) is 5.76. The van der Waals surface area contributed by atoms with Crippen molar-refractivity contribution in [2.45, 2.75) is 40.0 Å². The minimum atomic E-state index is -0.373. The SMILES string of the molecule is CC1(C)[C@@H]2CC[C@@]1(C)/C(=N\OC(=O)c1ccccc1)C2. The summed E-state index contributed by atoms with van der Waals surface area (Å²) in [6.45, 7) is 6.88. The van der Waals surface area contributed by atoms with Gasteiger partial charge in [0.1, 0.15) is 0 Å². The monoisotopic (exact) mass is 271 g/mol. The third kappa shape index (κ3) is 1.80. The fourth-order valence-corrected chi connectivity index (χ4v) is 3.79. The maximum Gasteiger partial charge on any atom is 0.365 e. The van der Waals surface area contributed by atoms with Crippen molar-refractivity contribution in [3.05, 3.63) is 35.9 Å². The van der Waals surface area contributed by atoms with Crippen LogP contribution in [0.3, 0.4) is 0 Å². The van der Waals surface area contributed by atoms with Crippen molar-refractivity contribution in [1.29, 1.82) is 0 Å². The van der Waals surface area contributed by atoms with Crippen LogP contribution in [0.1, 0.15) is 50.4 Å². The average Bonchev–Trinajstić information content (AvgIpc) is 2.78. The Morgan fingerprint density at radius 2 is 1.95 bits per heavy atom. The molecule has 2 aliphatic carbocycles. The first-order valence-corrected chi connectivity index (χ1v) is 7.29. The zero-order chi connectivity index (χ0) is 14.4. The van der Waals surface area contributed by atoms with Crippen molar-refractivity contribution in [3.8, 4) is 0 Å². The summed E-state index contributed by atoms with van der Waals surface area (Å²) in [5.41, 5.74) is 1.94. The van der Waals surface area contributed by atoms with Crippen molar-refractivity contribution >= 4 is 11.7 Å². The van der Waals surface area contributed by atoms with Gasteiger partial charge in [0.05, 0.1) is 11.3 Å². The number of nitrogens with zero attached hydrogens (tertiary/aromatic N) is 1. The van der Waals surface area contributed by atoms with Gasteiger partial charge in [0.25, 0.3) is 0 Å². The number of fused-ring (bicyclic) bond motifs is 2. The lowest BCUT2D eigenvalue weighted by molar-refractivity contribution is 0.0508. The molecule has 0 aliphatic heterocycles. The van der Waals surface area contributed by atoms with Crippen LogP contribution in [-0.2, 0) is 4.84 Å². The van der Waals surface area contributed by atoms with E-state index < -0.39 is 0 Å². The van der Waals surface area contributed by atoms with Gasteiger partial charge in [-0.3, -0.25) is 0 Å². The molecule has 3 nitrogen and oxygen atoms in total. The maximum atomic E-state index is 11.9.